The molecule has 2 fully saturated rings. The van der Waals surface area contributed by atoms with E-state index in [1.54, 1.807) is 24.3 Å². The zero-order chi connectivity index (χ0) is 17.9. The average Bonchev–Trinajstić information content (AvgIpc) is 3.34. The number of hydrogen-bond acceptors (Lipinski definition) is 3. The topological polar surface area (TPSA) is 58.2 Å². The van der Waals surface area contributed by atoms with Crippen LogP contribution in [-0.4, -0.2) is 46.3 Å². The molecule has 1 saturated carbocycles. The largest absolute Gasteiger partial charge is 0.375 e. The number of ether oxygens (including phenoxy) is 1. The van der Waals surface area contributed by atoms with Crippen molar-refractivity contribution in [2.24, 2.45) is 0 Å². The summed E-state index contributed by atoms with van der Waals surface area (Å²) in [5, 5.41) is 6.87. The van der Waals surface area contributed by atoms with Gasteiger partial charge in [0.05, 0.1) is 17.9 Å². The standard InChI is InChI=1S/C20H24FN3O2/c21-17-8-4-3-7-16(17)18-13-19(23-22-18)20(25)24-11-9-15(10-12-24)26-14-5-1-2-6-14/h3-4,7-8,13-15H,1-2,5-6,9-12H2,(H,22,23). The molecule has 0 atom stereocenters. The molecule has 1 amide bonds. The van der Waals surface area contributed by atoms with Crippen LogP contribution in [0, 0.1) is 5.82 Å². The van der Waals surface area contributed by atoms with Gasteiger partial charge in [0.15, 0.2) is 0 Å². The van der Waals surface area contributed by atoms with Gasteiger partial charge >= 0.3 is 0 Å². The molecule has 1 aliphatic heterocycles. The first-order valence-corrected chi connectivity index (χ1v) is 9.46. The number of likely N-dealkylation sites (tertiary alicyclic amines) is 1. The molecule has 0 spiro atoms. The summed E-state index contributed by atoms with van der Waals surface area (Å²) in [6.45, 7) is 1.37. The van der Waals surface area contributed by atoms with Crippen molar-refractivity contribution in [1.29, 1.82) is 0 Å². The van der Waals surface area contributed by atoms with Crippen LogP contribution in [0.5, 0.6) is 0 Å². The minimum atomic E-state index is -0.345. The molecule has 1 aromatic heterocycles. The number of aromatic amines is 1. The SMILES string of the molecule is O=C(c1cc(-c2ccccc2F)n[nH]1)N1CCC(OC2CCCC2)CC1. The number of H-pyrrole nitrogens is 1. The molecule has 1 saturated heterocycles. The van der Waals surface area contributed by atoms with Gasteiger partial charge in [-0.1, -0.05) is 25.0 Å². The first kappa shape index (κ1) is 17.2. The highest BCUT2D eigenvalue weighted by Crippen LogP contribution is 2.26. The Labute approximate surface area is 152 Å². The number of aromatic nitrogens is 2. The van der Waals surface area contributed by atoms with Crippen molar-refractivity contribution in [2.45, 2.75) is 50.7 Å². The van der Waals surface area contributed by atoms with Crippen molar-refractivity contribution < 1.29 is 13.9 Å². The van der Waals surface area contributed by atoms with Crippen LogP contribution in [0.25, 0.3) is 11.3 Å². The predicted molar refractivity (Wildman–Crippen MR) is 96.2 cm³/mol. The van der Waals surface area contributed by atoms with Gasteiger partial charge in [-0.3, -0.25) is 9.89 Å². The number of amides is 1. The molecule has 1 aliphatic carbocycles. The molecular formula is C20H24FN3O2. The molecule has 6 heteroatoms. The number of carbonyl (C=O) groups excluding carboxylic acids is 1. The maximum absolute atomic E-state index is 13.9. The summed E-state index contributed by atoms with van der Waals surface area (Å²) in [6, 6.07) is 8.06. The van der Waals surface area contributed by atoms with Gasteiger partial charge in [-0.25, -0.2) is 4.39 Å². The van der Waals surface area contributed by atoms with Gasteiger partial charge in [-0.2, -0.15) is 5.10 Å². The lowest BCUT2D eigenvalue weighted by molar-refractivity contribution is -0.0358. The zero-order valence-corrected chi connectivity index (χ0v) is 14.8. The minimum absolute atomic E-state index is 0.0839. The quantitative estimate of drug-likeness (QED) is 0.906. The highest BCUT2D eigenvalue weighted by atomic mass is 19.1. The van der Waals surface area contributed by atoms with E-state index in [0.29, 0.717) is 36.1 Å². The third kappa shape index (κ3) is 3.65. The van der Waals surface area contributed by atoms with E-state index < -0.39 is 0 Å². The van der Waals surface area contributed by atoms with Crippen LogP contribution in [0.2, 0.25) is 0 Å². The van der Waals surface area contributed by atoms with Crippen LogP contribution in [-0.2, 0) is 4.74 Å². The third-order valence-electron chi connectivity index (χ3n) is 5.37. The van der Waals surface area contributed by atoms with E-state index in [0.717, 1.165) is 12.8 Å². The summed E-state index contributed by atoms with van der Waals surface area (Å²) in [5.74, 6) is -0.428. The Kier molecular flexibility index (Phi) is 5.02. The van der Waals surface area contributed by atoms with E-state index in [4.69, 9.17) is 4.74 Å². The average molecular weight is 357 g/mol. The Bertz CT molecular complexity index is 762. The van der Waals surface area contributed by atoms with Gasteiger partial charge in [-0.15, -0.1) is 0 Å². The number of nitrogens with zero attached hydrogens (tertiary/aromatic N) is 2. The lowest BCUT2D eigenvalue weighted by Crippen LogP contribution is -2.41. The maximum atomic E-state index is 13.9. The first-order chi connectivity index (χ1) is 12.7. The maximum Gasteiger partial charge on any atom is 0.271 e. The fraction of sp³-hybridized carbons (Fsp3) is 0.500. The van der Waals surface area contributed by atoms with Crippen LogP contribution < -0.4 is 0 Å². The first-order valence-electron chi connectivity index (χ1n) is 9.46. The fourth-order valence-corrected chi connectivity index (χ4v) is 3.90. The molecule has 138 valence electrons. The summed E-state index contributed by atoms with van der Waals surface area (Å²) in [4.78, 5) is 14.5. The van der Waals surface area contributed by atoms with Crippen LogP contribution >= 0.6 is 0 Å². The molecule has 1 N–H and O–H groups in total. The molecule has 0 bridgehead atoms. The van der Waals surface area contributed by atoms with Gasteiger partial charge < -0.3 is 9.64 Å². The lowest BCUT2D eigenvalue weighted by Gasteiger charge is -2.33. The number of rotatable bonds is 4. The van der Waals surface area contributed by atoms with Gasteiger partial charge in [0.2, 0.25) is 0 Å². The second kappa shape index (κ2) is 7.58. The smallest absolute Gasteiger partial charge is 0.271 e. The van der Waals surface area contributed by atoms with E-state index in [-0.39, 0.29) is 17.8 Å². The van der Waals surface area contributed by atoms with Gasteiger partial charge in [0.25, 0.3) is 5.91 Å². The van der Waals surface area contributed by atoms with Crippen LogP contribution in [0.3, 0.4) is 0 Å². The normalized spacial score (nSPS) is 19.2. The van der Waals surface area contributed by atoms with E-state index in [1.807, 2.05) is 4.90 Å². The molecule has 5 nitrogen and oxygen atoms in total. The minimum Gasteiger partial charge on any atom is -0.375 e. The number of hydrogen-bond donors (Lipinski definition) is 1. The summed E-state index contributed by atoms with van der Waals surface area (Å²) >= 11 is 0. The van der Waals surface area contributed by atoms with Crippen LogP contribution in [0.4, 0.5) is 4.39 Å². The number of benzene rings is 1. The molecule has 0 radical (unpaired) electrons. The molecule has 1 aromatic carbocycles. The highest BCUT2D eigenvalue weighted by Gasteiger charge is 2.28. The molecule has 2 heterocycles. The van der Waals surface area contributed by atoms with Gasteiger partial charge in [0, 0.05) is 18.7 Å². The molecule has 2 aliphatic rings. The Morgan fingerprint density at radius 3 is 2.54 bits per heavy atom. The zero-order valence-electron chi connectivity index (χ0n) is 14.8. The summed E-state index contributed by atoms with van der Waals surface area (Å²) < 4.78 is 20.0. The number of halogens is 1. The van der Waals surface area contributed by atoms with E-state index in [1.165, 1.54) is 31.7 Å². The molecular weight excluding hydrogens is 333 g/mol. The third-order valence-corrected chi connectivity index (χ3v) is 5.37. The molecule has 0 unspecified atom stereocenters. The number of piperidine rings is 1. The predicted octanol–water partition coefficient (Wildman–Crippen LogP) is 3.78. The molecule has 2 aromatic rings. The van der Waals surface area contributed by atoms with Crippen LogP contribution in [0.15, 0.2) is 30.3 Å². The Morgan fingerprint density at radius 1 is 1.12 bits per heavy atom. The van der Waals surface area contributed by atoms with Gasteiger partial charge in [-0.05, 0) is 43.9 Å². The van der Waals surface area contributed by atoms with Crippen molar-refractivity contribution in [1.82, 2.24) is 15.1 Å². The van der Waals surface area contributed by atoms with Crippen molar-refractivity contribution in [3.8, 4) is 11.3 Å². The summed E-state index contributed by atoms with van der Waals surface area (Å²) in [7, 11) is 0. The van der Waals surface area contributed by atoms with E-state index in [2.05, 4.69) is 10.2 Å². The second-order valence-electron chi connectivity index (χ2n) is 7.18. The van der Waals surface area contributed by atoms with Gasteiger partial charge in [0.1, 0.15) is 11.5 Å². The molecule has 4 rings (SSSR count). The second-order valence-corrected chi connectivity index (χ2v) is 7.18. The van der Waals surface area contributed by atoms with E-state index in [9.17, 15) is 9.18 Å². The fourth-order valence-electron chi connectivity index (χ4n) is 3.90. The number of nitrogens with one attached hydrogen (secondary N) is 1. The summed E-state index contributed by atoms with van der Waals surface area (Å²) in [5.41, 5.74) is 1.25. The monoisotopic (exact) mass is 357 g/mol. The number of carbonyl (C=O) groups is 1. The Hall–Kier alpha value is -2.21. The van der Waals surface area contributed by atoms with Crippen molar-refractivity contribution >= 4 is 5.91 Å². The lowest BCUT2D eigenvalue weighted by atomic mass is 10.1. The molecule has 26 heavy (non-hydrogen) atoms. The van der Waals surface area contributed by atoms with Crippen molar-refractivity contribution in [3.63, 3.8) is 0 Å². The highest BCUT2D eigenvalue weighted by molar-refractivity contribution is 5.93. The van der Waals surface area contributed by atoms with Crippen LogP contribution in [0.1, 0.15) is 49.0 Å². The Balaban J connectivity index is 1.36. The van der Waals surface area contributed by atoms with Crippen molar-refractivity contribution in [3.05, 3.63) is 41.8 Å². The summed E-state index contributed by atoms with van der Waals surface area (Å²) in [6.07, 6.45) is 7.31. The van der Waals surface area contributed by atoms with E-state index >= 15 is 0 Å². The van der Waals surface area contributed by atoms with Crippen molar-refractivity contribution in [2.75, 3.05) is 13.1 Å². The Morgan fingerprint density at radius 2 is 1.81 bits per heavy atom.